The van der Waals surface area contributed by atoms with Crippen molar-refractivity contribution in [3.8, 4) is 11.5 Å². The van der Waals surface area contributed by atoms with Crippen LogP contribution in [0.4, 0.5) is 0 Å². The monoisotopic (exact) mass is 402 g/mol. The first-order valence-electron chi connectivity index (χ1n) is 11.1. The number of allylic oxidation sites excluding steroid dienone is 1. The van der Waals surface area contributed by atoms with Gasteiger partial charge in [0.25, 0.3) is 0 Å². The molecule has 0 amide bonds. The number of rotatable bonds is 10. The average Bonchev–Trinajstić information content (AvgIpc) is 2.64. The van der Waals surface area contributed by atoms with E-state index in [1.807, 2.05) is 19.9 Å². The highest BCUT2D eigenvalue weighted by Crippen LogP contribution is 2.45. The van der Waals surface area contributed by atoms with Gasteiger partial charge in [-0.2, -0.15) is 0 Å². The van der Waals surface area contributed by atoms with Crippen LogP contribution in [0, 0.1) is 0 Å². The average molecular weight is 403 g/mol. The molecular weight excluding hydrogens is 364 g/mol. The van der Waals surface area contributed by atoms with E-state index in [2.05, 4.69) is 26.8 Å². The number of benzene rings is 1. The summed E-state index contributed by atoms with van der Waals surface area (Å²) in [6.07, 6.45) is 9.65. The molecule has 1 aliphatic rings. The van der Waals surface area contributed by atoms with Crippen LogP contribution >= 0.6 is 0 Å². The molecule has 0 aliphatic heterocycles. The van der Waals surface area contributed by atoms with Crippen LogP contribution in [0.3, 0.4) is 0 Å². The van der Waals surface area contributed by atoms with Crippen molar-refractivity contribution in [2.24, 2.45) is 0 Å². The minimum Gasteiger partial charge on any atom is -0.508 e. The van der Waals surface area contributed by atoms with E-state index in [4.69, 9.17) is 4.74 Å². The zero-order chi connectivity index (χ0) is 21.6. The van der Waals surface area contributed by atoms with Crippen LogP contribution < -0.4 is 4.74 Å². The van der Waals surface area contributed by atoms with Crippen molar-refractivity contribution in [3.05, 3.63) is 34.9 Å². The van der Waals surface area contributed by atoms with E-state index in [1.165, 1.54) is 25.7 Å². The Morgan fingerprint density at radius 3 is 2.59 bits per heavy atom. The fraction of sp³-hybridized carbons (Fsp3) is 0.640. The number of phenols is 1. The number of phenolic OH excluding ortho intramolecular Hbond substituents is 1. The van der Waals surface area contributed by atoms with Crippen LogP contribution in [0.2, 0.25) is 0 Å². The van der Waals surface area contributed by atoms with Crippen LogP contribution in [0.25, 0.3) is 0 Å². The Labute approximate surface area is 176 Å². The van der Waals surface area contributed by atoms with E-state index in [-0.39, 0.29) is 23.2 Å². The summed E-state index contributed by atoms with van der Waals surface area (Å²) in [4.78, 5) is 11.4. The fourth-order valence-electron chi connectivity index (χ4n) is 4.23. The summed E-state index contributed by atoms with van der Waals surface area (Å²) >= 11 is 0. The molecule has 0 radical (unpaired) electrons. The highest BCUT2D eigenvalue weighted by atomic mass is 16.5. The van der Waals surface area contributed by atoms with E-state index in [0.717, 1.165) is 24.0 Å². The second-order valence-corrected chi connectivity index (χ2v) is 9.28. The van der Waals surface area contributed by atoms with Crippen molar-refractivity contribution < 1.29 is 19.7 Å². The molecule has 1 aromatic rings. The van der Waals surface area contributed by atoms with Gasteiger partial charge in [-0.1, -0.05) is 52.5 Å². The Morgan fingerprint density at radius 2 is 1.97 bits per heavy atom. The molecule has 1 aromatic carbocycles. The molecule has 0 saturated carbocycles. The van der Waals surface area contributed by atoms with Crippen molar-refractivity contribution in [1.82, 2.24) is 0 Å². The minimum absolute atomic E-state index is 0.0193. The molecule has 162 valence electrons. The molecule has 4 nitrogen and oxygen atoms in total. The molecule has 0 heterocycles. The molecule has 0 bridgehead atoms. The molecule has 29 heavy (non-hydrogen) atoms. The molecule has 0 fully saturated rings. The molecule has 0 saturated heterocycles. The van der Waals surface area contributed by atoms with Crippen molar-refractivity contribution in [2.45, 2.75) is 103 Å². The predicted octanol–water partition coefficient (Wildman–Crippen LogP) is 6.71. The van der Waals surface area contributed by atoms with Crippen molar-refractivity contribution in [1.29, 1.82) is 0 Å². The van der Waals surface area contributed by atoms with Gasteiger partial charge in [-0.05, 0) is 68.6 Å². The standard InChI is InChI=1S/C25H38O4/c1-6-7-8-9-13-25(4,5)20-15-21(26)23(22(16-20)29-17(2)3)18-11-10-12-19(14-18)24(27)28/h12,15-18,26H,6-11,13-14H2,1-5H3,(H,27,28). The van der Waals surface area contributed by atoms with Crippen LogP contribution in [0.1, 0.15) is 103 Å². The van der Waals surface area contributed by atoms with Crippen LogP contribution in [0.15, 0.2) is 23.8 Å². The Morgan fingerprint density at radius 1 is 1.24 bits per heavy atom. The van der Waals surface area contributed by atoms with E-state index < -0.39 is 5.97 Å². The molecule has 1 atom stereocenters. The van der Waals surface area contributed by atoms with E-state index >= 15 is 0 Å². The lowest BCUT2D eigenvalue weighted by molar-refractivity contribution is -0.132. The Balaban J connectivity index is 2.35. The normalized spacial score (nSPS) is 17.3. The minimum atomic E-state index is -0.870. The molecule has 1 aliphatic carbocycles. The van der Waals surface area contributed by atoms with Gasteiger partial charge >= 0.3 is 5.97 Å². The number of carboxylic acid groups (broad SMARTS) is 1. The summed E-state index contributed by atoms with van der Waals surface area (Å²) in [5.74, 6) is 0.0246. The van der Waals surface area contributed by atoms with E-state index in [0.29, 0.717) is 24.2 Å². The fourth-order valence-corrected chi connectivity index (χ4v) is 4.23. The second-order valence-electron chi connectivity index (χ2n) is 9.28. The molecule has 4 heteroatoms. The summed E-state index contributed by atoms with van der Waals surface area (Å²) in [6, 6.07) is 3.95. The maximum Gasteiger partial charge on any atom is 0.331 e. The number of aromatic hydroxyl groups is 1. The number of aliphatic carboxylic acids is 1. The smallest absolute Gasteiger partial charge is 0.331 e. The summed E-state index contributed by atoms with van der Waals surface area (Å²) < 4.78 is 6.13. The third kappa shape index (κ3) is 6.25. The van der Waals surface area contributed by atoms with Crippen LogP contribution in [-0.2, 0) is 10.2 Å². The first-order chi connectivity index (χ1) is 13.7. The summed E-state index contributed by atoms with van der Waals surface area (Å²) in [5.41, 5.74) is 2.21. The van der Waals surface area contributed by atoms with Gasteiger partial charge in [-0.3, -0.25) is 0 Å². The number of carbonyl (C=O) groups is 1. The van der Waals surface area contributed by atoms with Gasteiger partial charge in [-0.25, -0.2) is 4.79 Å². The van der Waals surface area contributed by atoms with E-state index in [9.17, 15) is 15.0 Å². The highest BCUT2D eigenvalue weighted by molar-refractivity contribution is 5.87. The number of unbranched alkanes of at least 4 members (excludes halogenated alkanes) is 3. The van der Waals surface area contributed by atoms with Crippen molar-refractivity contribution in [3.63, 3.8) is 0 Å². The van der Waals surface area contributed by atoms with Crippen molar-refractivity contribution in [2.75, 3.05) is 0 Å². The van der Waals surface area contributed by atoms with E-state index in [1.54, 1.807) is 6.08 Å². The number of ether oxygens (including phenoxy) is 1. The van der Waals surface area contributed by atoms with Gasteiger partial charge in [0.05, 0.1) is 6.10 Å². The molecule has 0 aromatic heterocycles. The summed E-state index contributed by atoms with van der Waals surface area (Å²) in [5, 5.41) is 20.4. The first-order valence-corrected chi connectivity index (χ1v) is 11.1. The van der Waals surface area contributed by atoms with Gasteiger partial charge in [-0.15, -0.1) is 0 Å². The number of carboxylic acids is 1. The van der Waals surface area contributed by atoms with Gasteiger partial charge < -0.3 is 14.9 Å². The first kappa shape index (κ1) is 23.3. The lowest BCUT2D eigenvalue weighted by Crippen LogP contribution is -2.19. The van der Waals surface area contributed by atoms with Gasteiger partial charge in [0.1, 0.15) is 11.5 Å². The molecular formula is C25H38O4. The van der Waals surface area contributed by atoms with Crippen LogP contribution in [0.5, 0.6) is 11.5 Å². The summed E-state index contributed by atoms with van der Waals surface area (Å²) in [6.45, 7) is 10.6. The lowest BCUT2D eigenvalue weighted by Gasteiger charge is -2.30. The van der Waals surface area contributed by atoms with Gasteiger partial charge in [0, 0.05) is 11.1 Å². The lowest BCUT2D eigenvalue weighted by atomic mass is 9.77. The van der Waals surface area contributed by atoms with Crippen LogP contribution in [-0.4, -0.2) is 22.3 Å². The SMILES string of the molecule is CCCCCCC(C)(C)c1cc(O)c(C2CCC=C(C(=O)O)C2)c(OC(C)C)c1. The molecule has 2 N–H and O–H groups in total. The van der Waals surface area contributed by atoms with Crippen molar-refractivity contribution >= 4 is 5.97 Å². The maximum atomic E-state index is 11.4. The van der Waals surface area contributed by atoms with Gasteiger partial charge in [0.2, 0.25) is 0 Å². The molecule has 1 unspecified atom stereocenters. The number of hydrogen-bond donors (Lipinski definition) is 2. The Hall–Kier alpha value is -1.97. The predicted molar refractivity (Wildman–Crippen MR) is 118 cm³/mol. The Kier molecular flexibility index (Phi) is 8.18. The summed E-state index contributed by atoms with van der Waals surface area (Å²) in [7, 11) is 0. The zero-order valence-corrected chi connectivity index (χ0v) is 18.8. The zero-order valence-electron chi connectivity index (χ0n) is 18.8. The third-order valence-electron chi connectivity index (χ3n) is 5.97. The molecule has 2 rings (SSSR count). The quantitative estimate of drug-likeness (QED) is 0.427. The highest BCUT2D eigenvalue weighted by Gasteiger charge is 2.29. The third-order valence-corrected chi connectivity index (χ3v) is 5.97. The maximum absolute atomic E-state index is 11.4. The Bertz CT molecular complexity index is 731. The van der Waals surface area contributed by atoms with Gasteiger partial charge in [0.15, 0.2) is 0 Å². The number of hydrogen-bond acceptors (Lipinski definition) is 3. The molecule has 0 spiro atoms. The second kappa shape index (κ2) is 10.2. The topological polar surface area (TPSA) is 66.8 Å². The largest absolute Gasteiger partial charge is 0.508 e.